The van der Waals surface area contributed by atoms with Gasteiger partial charge in [0.05, 0.1) is 17.7 Å². The summed E-state index contributed by atoms with van der Waals surface area (Å²) in [6.45, 7) is 0. The Kier molecular flexibility index (Phi) is 4.16. The van der Waals surface area contributed by atoms with Gasteiger partial charge in [-0.25, -0.2) is 9.29 Å². The minimum atomic E-state index is -0.464. The Labute approximate surface area is 136 Å². The third-order valence-corrected chi connectivity index (χ3v) is 4.19. The van der Waals surface area contributed by atoms with Crippen LogP contribution in [-0.4, -0.2) is 18.3 Å². The highest BCUT2D eigenvalue weighted by Gasteiger charge is 2.36. The van der Waals surface area contributed by atoms with E-state index in [0.717, 1.165) is 16.7 Å². The minimum absolute atomic E-state index is 0.191. The Morgan fingerprint density at radius 3 is 2.43 bits per heavy atom. The molecular formula is C17H12FNO3S. The normalized spacial score (nSPS) is 16.3. The van der Waals surface area contributed by atoms with Crippen molar-refractivity contribution in [2.45, 2.75) is 0 Å². The van der Waals surface area contributed by atoms with E-state index in [1.165, 1.54) is 19.3 Å². The van der Waals surface area contributed by atoms with Gasteiger partial charge < -0.3 is 4.74 Å². The van der Waals surface area contributed by atoms with Gasteiger partial charge in [-0.05, 0) is 48.2 Å². The number of methoxy groups -OCH3 is 1. The van der Waals surface area contributed by atoms with Crippen molar-refractivity contribution in [3.63, 3.8) is 0 Å². The van der Waals surface area contributed by atoms with E-state index in [2.05, 4.69) is 0 Å². The molecule has 0 aromatic heterocycles. The highest BCUT2D eigenvalue weighted by molar-refractivity contribution is 8.19. The third-order valence-electron chi connectivity index (χ3n) is 3.32. The quantitative estimate of drug-likeness (QED) is 0.796. The molecule has 0 spiro atoms. The molecule has 1 aliphatic heterocycles. The van der Waals surface area contributed by atoms with E-state index in [1.807, 2.05) is 0 Å². The molecule has 0 unspecified atom stereocenters. The molecule has 0 bridgehead atoms. The second kappa shape index (κ2) is 6.26. The number of ether oxygens (including phenoxy) is 1. The predicted molar refractivity (Wildman–Crippen MR) is 87.8 cm³/mol. The number of carbonyl (C=O) groups excluding carboxylic acids is 2. The van der Waals surface area contributed by atoms with Gasteiger partial charge in [0.25, 0.3) is 11.1 Å². The Hall–Kier alpha value is -2.60. The average molecular weight is 329 g/mol. The first-order chi connectivity index (χ1) is 11.1. The van der Waals surface area contributed by atoms with Crippen LogP contribution in [0.2, 0.25) is 0 Å². The van der Waals surface area contributed by atoms with Crippen molar-refractivity contribution in [1.29, 1.82) is 0 Å². The summed E-state index contributed by atoms with van der Waals surface area (Å²) in [6.07, 6.45) is 1.39. The minimum Gasteiger partial charge on any atom is -0.497 e. The van der Waals surface area contributed by atoms with Gasteiger partial charge >= 0.3 is 0 Å². The second-order valence-corrected chi connectivity index (χ2v) is 5.73. The van der Waals surface area contributed by atoms with E-state index < -0.39 is 17.0 Å². The summed E-state index contributed by atoms with van der Waals surface area (Å²) < 4.78 is 18.7. The van der Waals surface area contributed by atoms with Crippen LogP contribution in [0.3, 0.4) is 0 Å². The lowest BCUT2D eigenvalue weighted by Gasteiger charge is -2.12. The summed E-state index contributed by atoms with van der Waals surface area (Å²) >= 11 is 0.791. The number of imide groups is 1. The van der Waals surface area contributed by atoms with Crippen LogP contribution in [0, 0.1) is 5.82 Å². The van der Waals surface area contributed by atoms with E-state index in [-0.39, 0.29) is 10.5 Å². The number of amides is 2. The first-order valence-electron chi connectivity index (χ1n) is 6.76. The maximum atomic E-state index is 13.7. The molecule has 2 aromatic carbocycles. The summed E-state index contributed by atoms with van der Waals surface area (Å²) in [4.78, 5) is 25.8. The largest absolute Gasteiger partial charge is 0.497 e. The molecule has 6 heteroatoms. The van der Waals surface area contributed by atoms with Crippen molar-refractivity contribution < 1.29 is 18.7 Å². The lowest BCUT2D eigenvalue weighted by Crippen LogP contribution is -2.27. The lowest BCUT2D eigenvalue weighted by atomic mass is 10.2. The number of rotatable bonds is 3. The zero-order chi connectivity index (χ0) is 16.4. The number of thioether (sulfide) groups is 1. The fraction of sp³-hybridized carbons (Fsp3) is 0.0588. The summed E-state index contributed by atoms with van der Waals surface area (Å²) in [5.74, 6) is -0.278. The molecule has 0 saturated carbocycles. The van der Waals surface area contributed by atoms with Crippen molar-refractivity contribution in [2.75, 3.05) is 12.0 Å². The summed E-state index contributed by atoms with van der Waals surface area (Å²) in [5.41, 5.74) is 0.720. The predicted octanol–water partition coefficient (Wildman–Crippen LogP) is 4.08. The lowest BCUT2D eigenvalue weighted by molar-refractivity contribution is -0.113. The first-order valence-corrected chi connectivity index (χ1v) is 7.58. The van der Waals surface area contributed by atoms with Gasteiger partial charge in [-0.2, -0.15) is 0 Å². The Bertz CT molecular complexity index is 802. The van der Waals surface area contributed by atoms with Crippen LogP contribution >= 0.6 is 11.8 Å². The molecule has 2 aromatic rings. The van der Waals surface area contributed by atoms with Crippen molar-refractivity contribution in [3.05, 3.63) is 64.8 Å². The van der Waals surface area contributed by atoms with Gasteiger partial charge in [0.1, 0.15) is 11.6 Å². The van der Waals surface area contributed by atoms with Crippen molar-refractivity contribution in [3.8, 4) is 5.75 Å². The van der Waals surface area contributed by atoms with E-state index >= 15 is 0 Å². The number of hydrogen-bond donors (Lipinski definition) is 0. The van der Waals surface area contributed by atoms with Gasteiger partial charge in [-0.3, -0.25) is 9.59 Å². The average Bonchev–Trinajstić information content (AvgIpc) is 2.84. The van der Waals surface area contributed by atoms with Crippen LogP contribution < -0.4 is 9.64 Å². The number of nitrogens with zero attached hydrogens (tertiary/aromatic N) is 1. The highest BCUT2D eigenvalue weighted by atomic mass is 32.2. The molecule has 1 heterocycles. The van der Waals surface area contributed by atoms with Crippen LogP contribution in [0.1, 0.15) is 5.56 Å². The van der Waals surface area contributed by atoms with Gasteiger partial charge in [-0.1, -0.05) is 18.2 Å². The monoisotopic (exact) mass is 329 g/mol. The molecule has 116 valence electrons. The standard InChI is InChI=1S/C17H12FNO3S/c1-22-13-8-6-12(7-9-13)19-16(20)15(23-17(19)21)10-11-4-2-3-5-14(11)18/h2-10H,1H3/b15-10-. The van der Waals surface area contributed by atoms with Crippen molar-refractivity contribution in [1.82, 2.24) is 0 Å². The topological polar surface area (TPSA) is 46.6 Å². The molecule has 0 radical (unpaired) electrons. The molecule has 4 nitrogen and oxygen atoms in total. The molecule has 23 heavy (non-hydrogen) atoms. The maximum Gasteiger partial charge on any atom is 0.298 e. The van der Waals surface area contributed by atoms with Crippen LogP contribution in [-0.2, 0) is 4.79 Å². The van der Waals surface area contributed by atoms with Gasteiger partial charge in [-0.15, -0.1) is 0 Å². The first kappa shape index (κ1) is 15.3. The highest BCUT2D eigenvalue weighted by Crippen LogP contribution is 2.36. The van der Waals surface area contributed by atoms with Gasteiger partial charge in [0.2, 0.25) is 0 Å². The molecule has 0 atom stereocenters. The van der Waals surface area contributed by atoms with Crippen LogP contribution in [0.4, 0.5) is 14.9 Å². The Morgan fingerprint density at radius 1 is 1.09 bits per heavy atom. The second-order valence-electron chi connectivity index (χ2n) is 4.74. The van der Waals surface area contributed by atoms with Crippen molar-refractivity contribution >= 4 is 34.7 Å². The fourth-order valence-corrected chi connectivity index (χ4v) is 2.99. The molecular weight excluding hydrogens is 317 g/mol. The third kappa shape index (κ3) is 2.98. The van der Waals surface area contributed by atoms with Gasteiger partial charge in [0, 0.05) is 5.56 Å². The van der Waals surface area contributed by atoms with Gasteiger partial charge in [0.15, 0.2) is 0 Å². The number of anilines is 1. The number of hydrogen-bond acceptors (Lipinski definition) is 4. The van der Waals surface area contributed by atoms with Crippen LogP contribution in [0.5, 0.6) is 5.75 Å². The van der Waals surface area contributed by atoms with E-state index in [1.54, 1.807) is 42.5 Å². The number of halogens is 1. The molecule has 1 saturated heterocycles. The Morgan fingerprint density at radius 2 is 1.78 bits per heavy atom. The van der Waals surface area contributed by atoms with E-state index in [0.29, 0.717) is 11.4 Å². The Balaban J connectivity index is 1.92. The van der Waals surface area contributed by atoms with E-state index in [9.17, 15) is 14.0 Å². The number of carbonyl (C=O) groups is 2. The number of benzene rings is 2. The fourth-order valence-electron chi connectivity index (χ4n) is 2.16. The molecule has 1 fully saturated rings. The van der Waals surface area contributed by atoms with E-state index in [4.69, 9.17) is 4.74 Å². The molecule has 3 rings (SSSR count). The maximum absolute atomic E-state index is 13.7. The SMILES string of the molecule is COc1ccc(N2C(=O)S/C(=C\c3ccccc3F)C2=O)cc1. The summed E-state index contributed by atoms with van der Waals surface area (Å²) in [5, 5.41) is -0.414. The smallest absolute Gasteiger partial charge is 0.298 e. The van der Waals surface area contributed by atoms with Crippen LogP contribution in [0.15, 0.2) is 53.4 Å². The zero-order valence-corrected chi connectivity index (χ0v) is 13.0. The zero-order valence-electron chi connectivity index (χ0n) is 12.2. The summed E-state index contributed by atoms with van der Waals surface area (Å²) in [7, 11) is 1.53. The van der Waals surface area contributed by atoms with Crippen LogP contribution in [0.25, 0.3) is 6.08 Å². The molecule has 0 N–H and O–H groups in total. The summed E-state index contributed by atoms with van der Waals surface area (Å²) in [6, 6.07) is 12.7. The molecule has 0 aliphatic carbocycles. The molecule has 1 aliphatic rings. The van der Waals surface area contributed by atoms with Crippen molar-refractivity contribution in [2.24, 2.45) is 0 Å². The molecule has 2 amide bonds.